The summed E-state index contributed by atoms with van der Waals surface area (Å²) in [5.41, 5.74) is 2.33. The molecule has 0 aliphatic heterocycles. The van der Waals surface area contributed by atoms with E-state index in [-0.39, 0.29) is 0 Å². The van der Waals surface area contributed by atoms with E-state index in [0.29, 0.717) is 0 Å². The van der Waals surface area contributed by atoms with Crippen molar-refractivity contribution in [3.8, 4) is 0 Å². The number of nitrogens with one attached hydrogen (secondary N) is 1. The van der Waals surface area contributed by atoms with Crippen LogP contribution in [0.25, 0.3) is 0 Å². The largest absolute Gasteiger partial charge is 0.385 e. The zero-order chi connectivity index (χ0) is 14.8. The van der Waals surface area contributed by atoms with E-state index in [0.717, 1.165) is 44.8 Å². The van der Waals surface area contributed by atoms with Crippen LogP contribution < -0.4 is 5.32 Å². The number of hydrogen-bond acceptors (Lipinski definition) is 4. The second kappa shape index (κ2) is 9.72. The Bertz CT molecular complexity index is 365. The Kier molecular flexibility index (Phi) is 8.23. The van der Waals surface area contributed by atoms with Gasteiger partial charge in [-0.15, -0.1) is 0 Å². The molecule has 0 spiro atoms. The van der Waals surface area contributed by atoms with Crippen LogP contribution in [0.15, 0.2) is 18.3 Å². The molecular weight excluding hydrogens is 248 g/mol. The summed E-state index contributed by atoms with van der Waals surface area (Å²) >= 11 is 0. The van der Waals surface area contributed by atoms with Crippen LogP contribution in [0.1, 0.15) is 32.4 Å². The lowest BCUT2D eigenvalue weighted by Gasteiger charge is -2.21. The molecule has 0 aliphatic carbocycles. The van der Waals surface area contributed by atoms with Crippen molar-refractivity contribution in [2.75, 3.05) is 45.6 Å². The predicted molar refractivity (Wildman–Crippen MR) is 87.1 cm³/mol. The van der Waals surface area contributed by atoms with Gasteiger partial charge in [0.15, 0.2) is 0 Å². The molecule has 0 unspecified atom stereocenters. The number of rotatable bonds is 10. The van der Waals surface area contributed by atoms with Gasteiger partial charge in [-0.3, -0.25) is 9.88 Å². The maximum Gasteiger partial charge on any atom is 0.0564 e. The van der Waals surface area contributed by atoms with Crippen LogP contribution in [0.2, 0.25) is 0 Å². The highest BCUT2D eigenvalue weighted by Crippen LogP contribution is 2.10. The van der Waals surface area contributed by atoms with Gasteiger partial charge in [0.05, 0.1) is 5.69 Å². The number of anilines is 1. The Morgan fingerprint density at radius 2 is 2.00 bits per heavy atom. The topological polar surface area (TPSA) is 31.4 Å². The third-order valence-corrected chi connectivity index (χ3v) is 3.31. The van der Waals surface area contributed by atoms with Crippen LogP contribution >= 0.6 is 0 Å². The van der Waals surface area contributed by atoms with E-state index in [9.17, 15) is 0 Å². The van der Waals surface area contributed by atoms with Gasteiger partial charge < -0.3 is 10.2 Å². The molecule has 0 saturated carbocycles. The summed E-state index contributed by atoms with van der Waals surface area (Å²) < 4.78 is 0. The third-order valence-electron chi connectivity index (χ3n) is 3.31. The van der Waals surface area contributed by atoms with Crippen molar-refractivity contribution in [3.05, 3.63) is 24.0 Å². The summed E-state index contributed by atoms with van der Waals surface area (Å²) in [5, 5.41) is 3.42. The van der Waals surface area contributed by atoms with Crippen molar-refractivity contribution in [2.45, 2.75) is 33.2 Å². The number of aromatic nitrogens is 1. The lowest BCUT2D eigenvalue weighted by atomic mass is 10.2. The summed E-state index contributed by atoms with van der Waals surface area (Å²) in [4.78, 5) is 9.18. The molecule has 1 heterocycles. The van der Waals surface area contributed by atoms with E-state index in [1.54, 1.807) is 0 Å². The normalized spacial score (nSPS) is 11.3. The first-order chi connectivity index (χ1) is 9.65. The van der Waals surface area contributed by atoms with Gasteiger partial charge in [-0.2, -0.15) is 0 Å². The van der Waals surface area contributed by atoms with Crippen molar-refractivity contribution < 1.29 is 0 Å². The van der Waals surface area contributed by atoms with E-state index in [2.05, 4.69) is 54.1 Å². The Balaban J connectivity index is 2.47. The van der Waals surface area contributed by atoms with Crippen LogP contribution in [0.3, 0.4) is 0 Å². The summed E-state index contributed by atoms with van der Waals surface area (Å²) in [6.07, 6.45) is 4.25. The first kappa shape index (κ1) is 16.9. The molecule has 0 aromatic carbocycles. The molecule has 114 valence electrons. The highest BCUT2D eigenvalue weighted by Gasteiger charge is 2.05. The van der Waals surface area contributed by atoms with Gasteiger partial charge in [-0.05, 0) is 58.7 Å². The van der Waals surface area contributed by atoms with E-state index in [1.807, 2.05) is 12.3 Å². The third kappa shape index (κ3) is 6.87. The average Bonchev–Trinajstić information content (AvgIpc) is 2.44. The Hall–Kier alpha value is -1.13. The lowest BCUT2D eigenvalue weighted by Crippen LogP contribution is -2.27. The predicted octanol–water partition coefficient (Wildman–Crippen LogP) is 2.68. The van der Waals surface area contributed by atoms with Gasteiger partial charge in [0, 0.05) is 25.0 Å². The highest BCUT2D eigenvalue weighted by atomic mass is 15.1. The van der Waals surface area contributed by atoms with E-state index < -0.39 is 0 Å². The van der Waals surface area contributed by atoms with Crippen LogP contribution in [0.4, 0.5) is 5.69 Å². The maximum atomic E-state index is 4.49. The van der Waals surface area contributed by atoms with Crippen LogP contribution in [-0.2, 0) is 6.54 Å². The van der Waals surface area contributed by atoms with Crippen molar-refractivity contribution in [1.82, 2.24) is 14.8 Å². The molecular formula is C16H30N4. The molecule has 1 aromatic heterocycles. The molecule has 0 fully saturated rings. The van der Waals surface area contributed by atoms with Gasteiger partial charge in [-0.25, -0.2) is 0 Å². The van der Waals surface area contributed by atoms with Crippen molar-refractivity contribution in [2.24, 2.45) is 0 Å². The number of hydrogen-bond donors (Lipinski definition) is 1. The molecule has 0 saturated heterocycles. The van der Waals surface area contributed by atoms with Gasteiger partial charge in [0.1, 0.15) is 0 Å². The molecule has 20 heavy (non-hydrogen) atoms. The number of nitrogens with zero attached hydrogens (tertiary/aromatic N) is 3. The smallest absolute Gasteiger partial charge is 0.0564 e. The minimum absolute atomic E-state index is 0.936. The SMILES string of the molecule is CCCNc1ccnc(CN(CC)CCCN(C)C)c1. The molecule has 0 bridgehead atoms. The van der Waals surface area contributed by atoms with Crippen molar-refractivity contribution >= 4 is 5.69 Å². The Morgan fingerprint density at radius 1 is 1.20 bits per heavy atom. The van der Waals surface area contributed by atoms with Crippen molar-refractivity contribution in [3.63, 3.8) is 0 Å². The maximum absolute atomic E-state index is 4.49. The van der Waals surface area contributed by atoms with Gasteiger partial charge in [0.2, 0.25) is 0 Å². The second-order valence-electron chi connectivity index (χ2n) is 5.49. The molecule has 0 atom stereocenters. The Labute approximate surface area is 124 Å². The lowest BCUT2D eigenvalue weighted by molar-refractivity contribution is 0.256. The minimum atomic E-state index is 0.936. The first-order valence-electron chi connectivity index (χ1n) is 7.71. The second-order valence-corrected chi connectivity index (χ2v) is 5.49. The summed E-state index contributed by atoms with van der Waals surface area (Å²) in [6, 6.07) is 4.21. The molecule has 0 amide bonds. The molecule has 0 aliphatic rings. The Morgan fingerprint density at radius 3 is 2.65 bits per heavy atom. The minimum Gasteiger partial charge on any atom is -0.385 e. The standard InChI is InChI=1S/C16H30N4/c1-5-9-17-15-8-10-18-16(13-15)14-20(6-2)12-7-11-19(3)4/h8,10,13H,5-7,9,11-12,14H2,1-4H3,(H,17,18). The summed E-state index contributed by atoms with van der Waals surface area (Å²) in [5.74, 6) is 0. The molecule has 4 nitrogen and oxygen atoms in total. The zero-order valence-electron chi connectivity index (χ0n) is 13.5. The average molecular weight is 278 g/mol. The fourth-order valence-electron chi connectivity index (χ4n) is 2.13. The molecule has 1 N–H and O–H groups in total. The van der Waals surface area contributed by atoms with E-state index >= 15 is 0 Å². The van der Waals surface area contributed by atoms with Gasteiger partial charge in [-0.1, -0.05) is 13.8 Å². The molecule has 0 radical (unpaired) electrons. The summed E-state index contributed by atoms with van der Waals surface area (Å²) in [7, 11) is 4.25. The van der Waals surface area contributed by atoms with Gasteiger partial charge in [0.25, 0.3) is 0 Å². The zero-order valence-corrected chi connectivity index (χ0v) is 13.5. The van der Waals surface area contributed by atoms with Crippen LogP contribution in [-0.4, -0.2) is 55.1 Å². The fraction of sp³-hybridized carbons (Fsp3) is 0.688. The fourth-order valence-corrected chi connectivity index (χ4v) is 2.13. The molecule has 4 heteroatoms. The van der Waals surface area contributed by atoms with E-state index in [1.165, 1.54) is 12.1 Å². The van der Waals surface area contributed by atoms with Crippen LogP contribution in [0.5, 0.6) is 0 Å². The first-order valence-corrected chi connectivity index (χ1v) is 7.71. The van der Waals surface area contributed by atoms with Crippen molar-refractivity contribution in [1.29, 1.82) is 0 Å². The molecule has 1 rings (SSSR count). The highest BCUT2D eigenvalue weighted by molar-refractivity contribution is 5.43. The molecule has 1 aromatic rings. The quantitative estimate of drug-likeness (QED) is 0.713. The number of pyridine rings is 1. The van der Waals surface area contributed by atoms with Crippen LogP contribution in [0, 0.1) is 0 Å². The monoisotopic (exact) mass is 278 g/mol. The van der Waals surface area contributed by atoms with Gasteiger partial charge >= 0.3 is 0 Å². The van der Waals surface area contributed by atoms with E-state index in [4.69, 9.17) is 0 Å². The summed E-state index contributed by atoms with van der Waals surface area (Å²) in [6.45, 7) is 9.69.